The second kappa shape index (κ2) is 42.8. The number of rotatable bonds is 44. The molecule has 0 saturated carbocycles. The van der Waals surface area contributed by atoms with Crippen LogP contribution in [0.5, 0.6) is 0 Å². The number of esters is 1. The summed E-state index contributed by atoms with van der Waals surface area (Å²) in [6.45, 7) is 19.2. The fourth-order valence-corrected chi connectivity index (χ4v) is 4.54. The van der Waals surface area contributed by atoms with Crippen LogP contribution < -0.4 is 0 Å². The first-order valence-corrected chi connectivity index (χ1v) is 20.0. The number of hydrogen-bond acceptors (Lipinski definition) is 13. The Hall–Kier alpha value is -0.970. The zero-order valence-corrected chi connectivity index (χ0v) is 33.6. The molecule has 13 heteroatoms. The van der Waals surface area contributed by atoms with E-state index in [0.717, 1.165) is 13.0 Å². The van der Waals surface area contributed by atoms with E-state index < -0.39 is 5.60 Å². The van der Waals surface area contributed by atoms with Crippen molar-refractivity contribution in [1.82, 2.24) is 0 Å². The van der Waals surface area contributed by atoms with E-state index in [1.807, 2.05) is 20.8 Å². The first-order chi connectivity index (χ1) is 25.5. The van der Waals surface area contributed by atoms with Crippen molar-refractivity contribution in [2.24, 2.45) is 0 Å². The summed E-state index contributed by atoms with van der Waals surface area (Å²) in [5.41, 5.74) is -0.472. The van der Waals surface area contributed by atoms with Crippen molar-refractivity contribution < 1.29 is 61.6 Å². The minimum absolute atomic E-state index is 0.234. The zero-order valence-electron chi connectivity index (χ0n) is 33.6. The van der Waals surface area contributed by atoms with Gasteiger partial charge in [-0.3, -0.25) is 4.79 Å². The van der Waals surface area contributed by atoms with Crippen molar-refractivity contribution in [1.29, 1.82) is 0 Å². The molecule has 0 heterocycles. The Morgan fingerprint density at radius 2 is 0.558 bits per heavy atom. The van der Waals surface area contributed by atoms with Gasteiger partial charge in [-0.15, -0.1) is 0 Å². The van der Waals surface area contributed by atoms with E-state index in [2.05, 4.69) is 6.92 Å². The molecule has 13 nitrogen and oxygen atoms in total. The molecule has 0 N–H and O–H groups in total. The smallest absolute Gasteiger partial charge is 0.308 e. The first-order valence-electron chi connectivity index (χ1n) is 20.0. The summed E-state index contributed by atoms with van der Waals surface area (Å²) >= 11 is 0. The van der Waals surface area contributed by atoms with E-state index >= 15 is 0 Å². The van der Waals surface area contributed by atoms with Gasteiger partial charge in [-0.25, -0.2) is 0 Å². The molecule has 0 amide bonds. The lowest BCUT2D eigenvalue weighted by Crippen LogP contribution is -2.24. The van der Waals surface area contributed by atoms with Crippen LogP contribution in [-0.4, -0.2) is 157 Å². The van der Waals surface area contributed by atoms with Gasteiger partial charge >= 0.3 is 5.97 Å². The third-order valence-electron chi connectivity index (χ3n) is 7.23. The standard InChI is InChI=1S/C39H78O13/c1-5-6-7-8-9-10-11-12-13-14-16-41-18-20-43-22-24-45-26-28-47-30-32-49-34-36-51-37-35-50-33-31-48-29-27-46-25-23-44-21-19-42-17-15-38(40)52-39(2,3)4/h5-37H2,1-4H3. The van der Waals surface area contributed by atoms with E-state index in [0.29, 0.717) is 139 Å². The summed E-state index contributed by atoms with van der Waals surface area (Å²) in [5.74, 6) is -0.262. The largest absolute Gasteiger partial charge is 0.460 e. The first kappa shape index (κ1) is 51.0. The Labute approximate surface area is 316 Å². The molecule has 0 aliphatic heterocycles. The van der Waals surface area contributed by atoms with Gasteiger partial charge in [-0.2, -0.15) is 0 Å². The van der Waals surface area contributed by atoms with Gasteiger partial charge in [0.2, 0.25) is 0 Å². The number of carbonyl (C=O) groups is 1. The predicted molar refractivity (Wildman–Crippen MR) is 201 cm³/mol. The van der Waals surface area contributed by atoms with Crippen molar-refractivity contribution in [3.63, 3.8) is 0 Å². The summed E-state index contributed by atoms with van der Waals surface area (Å²) in [7, 11) is 0. The highest BCUT2D eigenvalue weighted by atomic mass is 16.6. The molecule has 0 unspecified atom stereocenters. The Morgan fingerprint density at radius 1 is 0.327 bits per heavy atom. The van der Waals surface area contributed by atoms with E-state index in [1.54, 1.807) is 0 Å². The van der Waals surface area contributed by atoms with Gasteiger partial charge in [-0.05, 0) is 27.2 Å². The summed E-state index contributed by atoms with van der Waals surface area (Å²) in [4.78, 5) is 11.6. The highest BCUT2D eigenvalue weighted by Crippen LogP contribution is 2.10. The van der Waals surface area contributed by atoms with Gasteiger partial charge < -0.3 is 56.8 Å². The van der Waals surface area contributed by atoms with Gasteiger partial charge in [0.05, 0.1) is 145 Å². The number of ether oxygens (including phenoxy) is 12. The lowest BCUT2D eigenvalue weighted by Gasteiger charge is -2.19. The molecule has 0 aliphatic rings. The van der Waals surface area contributed by atoms with Crippen molar-refractivity contribution in [2.75, 3.05) is 145 Å². The van der Waals surface area contributed by atoms with Crippen LogP contribution in [0.15, 0.2) is 0 Å². The van der Waals surface area contributed by atoms with E-state index in [9.17, 15) is 4.79 Å². The lowest BCUT2D eigenvalue weighted by atomic mass is 10.1. The monoisotopic (exact) mass is 755 g/mol. The predicted octanol–water partition coefficient (Wildman–Crippen LogP) is 5.82. The molecule has 52 heavy (non-hydrogen) atoms. The average Bonchev–Trinajstić information content (AvgIpc) is 3.11. The molecule has 0 spiro atoms. The second-order valence-corrected chi connectivity index (χ2v) is 13.3. The maximum atomic E-state index is 11.6. The highest BCUT2D eigenvalue weighted by Gasteiger charge is 2.15. The summed E-state index contributed by atoms with van der Waals surface area (Å²) in [6.07, 6.45) is 13.6. The van der Waals surface area contributed by atoms with Crippen LogP contribution in [0.2, 0.25) is 0 Å². The summed E-state index contributed by atoms with van der Waals surface area (Å²) < 4.78 is 65.7. The molecule has 0 rings (SSSR count). The third kappa shape index (κ3) is 47.1. The molecule has 0 atom stereocenters. The normalized spacial score (nSPS) is 11.8. The van der Waals surface area contributed by atoms with Crippen LogP contribution in [0.3, 0.4) is 0 Å². The molecule has 0 aliphatic carbocycles. The van der Waals surface area contributed by atoms with Crippen molar-refractivity contribution >= 4 is 5.97 Å². The molecular weight excluding hydrogens is 676 g/mol. The number of hydrogen-bond donors (Lipinski definition) is 0. The van der Waals surface area contributed by atoms with Crippen LogP contribution >= 0.6 is 0 Å². The Bertz CT molecular complexity index is 694. The van der Waals surface area contributed by atoms with Crippen LogP contribution in [0.1, 0.15) is 98.3 Å². The Morgan fingerprint density at radius 3 is 0.827 bits per heavy atom. The molecule has 0 bridgehead atoms. The highest BCUT2D eigenvalue weighted by molar-refractivity contribution is 5.69. The topological polar surface area (TPSA) is 128 Å². The van der Waals surface area contributed by atoms with Gasteiger partial charge in [0.1, 0.15) is 5.60 Å². The molecule has 0 aromatic carbocycles. The SMILES string of the molecule is CCCCCCCCCCCCOCCOCCOCCOCCOCCOCCOCCOCCOCCOCCOCCC(=O)OC(C)(C)C. The van der Waals surface area contributed by atoms with Crippen LogP contribution in [0.4, 0.5) is 0 Å². The molecule has 312 valence electrons. The van der Waals surface area contributed by atoms with Crippen LogP contribution in [0, 0.1) is 0 Å². The van der Waals surface area contributed by atoms with E-state index in [1.165, 1.54) is 57.8 Å². The molecular formula is C39H78O13. The third-order valence-corrected chi connectivity index (χ3v) is 7.23. The fraction of sp³-hybridized carbons (Fsp3) is 0.974. The lowest BCUT2D eigenvalue weighted by molar-refractivity contribution is -0.156. The van der Waals surface area contributed by atoms with Gasteiger partial charge in [-0.1, -0.05) is 64.7 Å². The Balaban J connectivity index is 3.09. The van der Waals surface area contributed by atoms with E-state index in [-0.39, 0.29) is 12.4 Å². The molecule has 0 saturated heterocycles. The molecule has 0 fully saturated rings. The fourth-order valence-electron chi connectivity index (χ4n) is 4.54. The minimum atomic E-state index is -0.472. The van der Waals surface area contributed by atoms with Crippen molar-refractivity contribution in [2.45, 2.75) is 104 Å². The molecule has 0 radical (unpaired) electrons. The number of unbranched alkanes of at least 4 members (excludes halogenated alkanes) is 9. The zero-order chi connectivity index (χ0) is 37.9. The quantitative estimate of drug-likeness (QED) is 0.0548. The summed E-state index contributed by atoms with van der Waals surface area (Å²) in [5, 5.41) is 0. The van der Waals surface area contributed by atoms with Crippen LogP contribution in [0.25, 0.3) is 0 Å². The maximum absolute atomic E-state index is 11.6. The van der Waals surface area contributed by atoms with E-state index in [4.69, 9.17) is 56.8 Å². The van der Waals surface area contributed by atoms with Gasteiger partial charge in [0.15, 0.2) is 0 Å². The maximum Gasteiger partial charge on any atom is 0.308 e. The molecule has 0 aromatic heterocycles. The van der Waals surface area contributed by atoms with Crippen molar-refractivity contribution in [3.05, 3.63) is 0 Å². The Kier molecular flexibility index (Phi) is 42.0. The van der Waals surface area contributed by atoms with Crippen LogP contribution in [-0.2, 0) is 61.6 Å². The van der Waals surface area contributed by atoms with Gasteiger partial charge in [0, 0.05) is 6.61 Å². The molecule has 0 aromatic rings. The average molecular weight is 755 g/mol. The number of carbonyl (C=O) groups excluding carboxylic acids is 1. The second-order valence-electron chi connectivity index (χ2n) is 13.3. The minimum Gasteiger partial charge on any atom is -0.460 e. The van der Waals surface area contributed by atoms with Crippen molar-refractivity contribution in [3.8, 4) is 0 Å². The summed E-state index contributed by atoms with van der Waals surface area (Å²) in [6, 6.07) is 0. The van der Waals surface area contributed by atoms with Gasteiger partial charge in [0.25, 0.3) is 0 Å².